The molecule has 0 bridgehead atoms. The molecule has 7 heteroatoms. The fourth-order valence-corrected chi connectivity index (χ4v) is 6.97. The molecule has 2 aliphatic heterocycles. The van der Waals surface area contributed by atoms with Gasteiger partial charge in [0.05, 0.1) is 18.8 Å². The van der Waals surface area contributed by atoms with E-state index in [9.17, 15) is 9.90 Å². The molecule has 0 unspecified atom stereocenters. The minimum atomic E-state index is -0.280. The number of ether oxygens (including phenoxy) is 2. The molecule has 3 heterocycles. The Morgan fingerprint density at radius 3 is 1.83 bits per heavy atom. The van der Waals surface area contributed by atoms with Crippen molar-refractivity contribution in [3.63, 3.8) is 0 Å². The van der Waals surface area contributed by atoms with Crippen LogP contribution in [-0.2, 0) is 25.9 Å². The Morgan fingerprint density at radius 2 is 1.23 bits per heavy atom. The lowest BCUT2D eigenvalue weighted by molar-refractivity contribution is 0.235. The van der Waals surface area contributed by atoms with E-state index >= 15 is 0 Å². The second kappa shape index (κ2) is 15.1. The number of aromatic hydroxyl groups is 1. The van der Waals surface area contributed by atoms with Crippen molar-refractivity contribution in [2.45, 2.75) is 51.6 Å². The van der Waals surface area contributed by atoms with Gasteiger partial charge in [0.25, 0.3) is 0 Å². The molecule has 0 spiro atoms. The van der Waals surface area contributed by atoms with Crippen LogP contribution in [0.1, 0.15) is 47.9 Å². The Bertz CT molecular complexity index is 1900. The molecule has 0 atom stereocenters. The Balaban J connectivity index is 0.868. The van der Waals surface area contributed by atoms with E-state index in [0.717, 1.165) is 83.5 Å². The topological polar surface area (TPSA) is 75.4 Å². The summed E-state index contributed by atoms with van der Waals surface area (Å²) < 4.78 is 17.8. The first kappa shape index (κ1) is 32.0. The van der Waals surface area contributed by atoms with E-state index in [1.165, 1.54) is 34.6 Å². The second-order valence-electron chi connectivity index (χ2n) is 13.0. The maximum Gasteiger partial charge on any atom is 0.204 e. The van der Waals surface area contributed by atoms with Crippen LogP contribution in [0, 0.1) is 0 Å². The van der Waals surface area contributed by atoms with Crippen LogP contribution in [-0.4, -0.2) is 54.3 Å². The molecule has 7 rings (SSSR count). The zero-order valence-corrected chi connectivity index (χ0v) is 27.5. The first-order valence-electron chi connectivity index (χ1n) is 17.3. The average Bonchev–Trinajstić information content (AvgIpc) is 3.11. The van der Waals surface area contributed by atoms with Gasteiger partial charge in [-0.15, -0.1) is 0 Å². The van der Waals surface area contributed by atoms with Gasteiger partial charge in [0.15, 0.2) is 0 Å². The number of hydrogen-bond acceptors (Lipinski definition) is 7. The van der Waals surface area contributed by atoms with Gasteiger partial charge in [0, 0.05) is 38.3 Å². The lowest BCUT2D eigenvalue weighted by Gasteiger charge is -2.28. The third-order valence-electron chi connectivity index (χ3n) is 9.69. The molecular formula is C41H44N2O5. The normalized spacial score (nSPS) is 14.8. The van der Waals surface area contributed by atoms with Crippen molar-refractivity contribution in [3.8, 4) is 28.4 Å². The number of phenolic OH excluding ortho intramolecular Hbond substituents is 1. The average molecular weight is 645 g/mol. The van der Waals surface area contributed by atoms with Gasteiger partial charge < -0.3 is 19.0 Å². The van der Waals surface area contributed by atoms with Gasteiger partial charge in [-0.05, 0) is 91.6 Å². The highest BCUT2D eigenvalue weighted by Crippen LogP contribution is 2.31. The molecule has 248 valence electrons. The van der Waals surface area contributed by atoms with E-state index in [0.29, 0.717) is 35.7 Å². The molecule has 5 aromatic rings. The van der Waals surface area contributed by atoms with Crippen molar-refractivity contribution in [2.75, 3.05) is 39.4 Å². The molecule has 4 aromatic carbocycles. The molecule has 0 saturated carbocycles. The third-order valence-corrected chi connectivity index (χ3v) is 9.69. The Kier molecular flexibility index (Phi) is 10.1. The first-order valence-corrected chi connectivity index (χ1v) is 17.3. The Hall–Kier alpha value is -4.59. The van der Waals surface area contributed by atoms with Crippen LogP contribution in [0.15, 0.2) is 100 Å². The van der Waals surface area contributed by atoms with E-state index in [4.69, 9.17) is 13.9 Å². The van der Waals surface area contributed by atoms with E-state index < -0.39 is 0 Å². The van der Waals surface area contributed by atoms with Crippen LogP contribution < -0.4 is 14.9 Å². The van der Waals surface area contributed by atoms with Crippen molar-refractivity contribution < 1.29 is 19.0 Å². The number of nitrogens with zero attached hydrogens (tertiary/aromatic N) is 2. The molecule has 0 aliphatic carbocycles. The molecule has 7 nitrogen and oxygen atoms in total. The van der Waals surface area contributed by atoms with Gasteiger partial charge in [-0.3, -0.25) is 14.6 Å². The molecule has 48 heavy (non-hydrogen) atoms. The SMILES string of the molecule is O=c1c(-c2ccc(OCCCCN3CCc4ccccc4C3)cc2)coc2cc(OCCCCN3CCc4ccccc4C3)cc(O)c12. The van der Waals surface area contributed by atoms with Gasteiger partial charge in [-0.1, -0.05) is 60.7 Å². The first-order chi connectivity index (χ1) is 23.6. The maximum atomic E-state index is 13.4. The summed E-state index contributed by atoms with van der Waals surface area (Å²) in [5, 5.41) is 11.0. The van der Waals surface area contributed by atoms with Crippen LogP contribution in [0.25, 0.3) is 22.1 Å². The number of phenols is 1. The Labute approximate surface area is 282 Å². The minimum absolute atomic E-state index is 0.140. The molecule has 2 aliphatic rings. The highest BCUT2D eigenvalue weighted by molar-refractivity contribution is 5.88. The molecule has 0 saturated heterocycles. The van der Waals surface area contributed by atoms with Crippen molar-refractivity contribution in [3.05, 3.63) is 124 Å². The lowest BCUT2D eigenvalue weighted by atomic mass is 10.00. The van der Waals surface area contributed by atoms with E-state index in [-0.39, 0.29) is 16.6 Å². The predicted octanol–water partition coefficient (Wildman–Crippen LogP) is 7.60. The summed E-state index contributed by atoms with van der Waals surface area (Å²) in [5.74, 6) is 1.12. The largest absolute Gasteiger partial charge is 0.507 e. The summed E-state index contributed by atoms with van der Waals surface area (Å²) in [6, 6.07) is 28.1. The summed E-state index contributed by atoms with van der Waals surface area (Å²) in [7, 11) is 0. The van der Waals surface area contributed by atoms with Crippen LogP contribution in [0.5, 0.6) is 17.2 Å². The quantitative estimate of drug-likeness (QED) is 0.132. The van der Waals surface area contributed by atoms with Crippen molar-refractivity contribution in [1.82, 2.24) is 9.80 Å². The summed E-state index contributed by atoms with van der Waals surface area (Å²) in [6.07, 6.45) is 7.67. The highest BCUT2D eigenvalue weighted by atomic mass is 16.5. The van der Waals surface area contributed by atoms with Crippen LogP contribution in [0.4, 0.5) is 0 Å². The van der Waals surface area contributed by atoms with Gasteiger partial charge in [0.1, 0.15) is 34.5 Å². The van der Waals surface area contributed by atoms with Gasteiger partial charge in [-0.25, -0.2) is 0 Å². The monoisotopic (exact) mass is 644 g/mol. The maximum absolute atomic E-state index is 13.4. The van der Waals surface area contributed by atoms with Gasteiger partial charge in [0.2, 0.25) is 5.43 Å². The van der Waals surface area contributed by atoms with Gasteiger partial charge in [-0.2, -0.15) is 0 Å². The van der Waals surface area contributed by atoms with Gasteiger partial charge >= 0.3 is 0 Å². The molecule has 1 aromatic heterocycles. The number of benzene rings is 4. The minimum Gasteiger partial charge on any atom is -0.507 e. The molecule has 1 N–H and O–H groups in total. The lowest BCUT2D eigenvalue weighted by Crippen LogP contribution is -2.31. The van der Waals surface area contributed by atoms with E-state index in [2.05, 4.69) is 58.3 Å². The zero-order valence-electron chi connectivity index (χ0n) is 27.5. The summed E-state index contributed by atoms with van der Waals surface area (Å²) in [4.78, 5) is 18.4. The molecule has 0 fully saturated rings. The van der Waals surface area contributed by atoms with Crippen molar-refractivity contribution in [1.29, 1.82) is 0 Å². The number of rotatable bonds is 13. The summed E-state index contributed by atoms with van der Waals surface area (Å²) >= 11 is 0. The third kappa shape index (κ3) is 7.59. The van der Waals surface area contributed by atoms with E-state index in [1.54, 1.807) is 6.07 Å². The van der Waals surface area contributed by atoms with Crippen LogP contribution in [0.3, 0.4) is 0 Å². The number of fused-ring (bicyclic) bond motifs is 3. The fourth-order valence-electron chi connectivity index (χ4n) is 6.97. The molecular weight excluding hydrogens is 600 g/mol. The van der Waals surface area contributed by atoms with Crippen molar-refractivity contribution >= 4 is 11.0 Å². The fraction of sp³-hybridized carbons (Fsp3) is 0.341. The zero-order chi connectivity index (χ0) is 32.7. The highest BCUT2D eigenvalue weighted by Gasteiger charge is 2.17. The number of unbranched alkanes of at least 4 members (excludes halogenated alkanes) is 2. The summed E-state index contributed by atoms with van der Waals surface area (Å²) in [5.41, 5.74) is 6.95. The second-order valence-corrected chi connectivity index (χ2v) is 13.0. The van der Waals surface area contributed by atoms with Crippen LogP contribution >= 0.6 is 0 Å². The van der Waals surface area contributed by atoms with Crippen molar-refractivity contribution in [2.24, 2.45) is 0 Å². The number of hydrogen-bond donors (Lipinski definition) is 1. The smallest absolute Gasteiger partial charge is 0.204 e. The Morgan fingerprint density at radius 1 is 0.667 bits per heavy atom. The summed E-state index contributed by atoms with van der Waals surface area (Å²) in [6.45, 7) is 7.52. The molecule has 0 amide bonds. The molecule has 0 radical (unpaired) electrons. The van der Waals surface area contributed by atoms with E-state index in [1.807, 2.05) is 24.3 Å². The predicted molar refractivity (Wildman–Crippen MR) is 190 cm³/mol. The standard InChI is InChI=1S/C41H44N2O5/c44-38-25-36(47-24-8-6-20-43-22-18-31-10-2-4-12-34(31)28-43)26-39-40(38)41(45)37(29-48-39)32-13-15-35(16-14-32)46-23-7-5-19-42-21-17-30-9-1-3-11-33(30)27-42/h1-4,9-16,25-26,29,44H,5-8,17-24,27-28H2. The van der Waals surface area contributed by atoms with Crippen LogP contribution in [0.2, 0.25) is 0 Å².